The van der Waals surface area contributed by atoms with E-state index in [1.807, 2.05) is 6.07 Å². The molecule has 0 bridgehead atoms. The predicted octanol–water partition coefficient (Wildman–Crippen LogP) is 5.88. The largest absolute Gasteiger partial charge is 0.385 e. The molecular weight excluding hydrogens is 424 g/mol. The number of benzene rings is 3. The van der Waals surface area contributed by atoms with Gasteiger partial charge in [-0.25, -0.2) is 17.6 Å². The quantitative estimate of drug-likeness (QED) is 0.334. The highest BCUT2D eigenvalue weighted by Crippen LogP contribution is 2.30. The Balaban J connectivity index is 1.46. The van der Waals surface area contributed by atoms with Crippen molar-refractivity contribution in [2.24, 2.45) is 5.92 Å². The average Bonchev–Trinajstić information content (AvgIpc) is 2.81. The van der Waals surface area contributed by atoms with E-state index in [-0.39, 0.29) is 30.1 Å². The molecule has 3 aromatic rings. The molecule has 0 aromatic heterocycles. The Hall–Kier alpha value is -2.48. The van der Waals surface area contributed by atoms with Gasteiger partial charge in [0, 0.05) is 30.6 Å². The highest BCUT2D eigenvalue weighted by Gasteiger charge is 2.24. The molecule has 1 saturated heterocycles. The normalized spacial score (nSPS) is 18.9. The topological polar surface area (TPSA) is 27.7 Å². The van der Waals surface area contributed by atoms with E-state index in [1.165, 1.54) is 0 Å². The summed E-state index contributed by atoms with van der Waals surface area (Å²) in [5.74, 6) is -4.10. The molecule has 0 unspecified atom stereocenters. The van der Waals surface area contributed by atoms with Crippen LogP contribution < -0.4 is 0 Å². The maximum atomic E-state index is 15.1. The molecule has 1 fully saturated rings. The maximum Gasteiger partial charge on any atom is 0.194 e. The number of ether oxygens (including phenoxy) is 3. The Kier molecular flexibility index (Phi) is 7.08. The smallest absolute Gasteiger partial charge is 0.194 e. The minimum absolute atomic E-state index is 0.183. The van der Waals surface area contributed by atoms with Gasteiger partial charge in [0.25, 0.3) is 0 Å². The number of hydrogen-bond donors (Lipinski definition) is 0. The molecule has 3 nitrogen and oxygen atoms in total. The zero-order chi connectivity index (χ0) is 22.7. The lowest BCUT2D eigenvalue weighted by Crippen LogP contribution is -2.27. The molecule has 7 heteroatoms. The van der Waals surface area contributed by atoms with Crippen LogP contribution in [0.3, 0.4) is 0 Å². The third-order valence-corrected chi connectivity index (χ3v) is 5.75. The number of fused-ring (bicyclic) bond motifs is 1. The Labute approximate surface area is 183 Å². The van der Waals surface area contributed by atoms with Crippen LogP contribution in [0.5, 0.6) is 0 Å². The van der Waals surface area contributed by atoms with Crippen molar-refractivity contribution < 1.29 is 31.8 Å². The fourth-order valence-electron chi connectivity index (χ4n) is 3.91. The molecule has 3 aromatic carbocycles. The third kappa shape index (κ3) is 4.95. The third-order valence-electron chi connectivity index (χ3n) is 5.75. The molecule has 0 N–H and O–H groups in total. The summed E-state index contributed by atoms with van der Waals surface area (Å²) in [7, 11) is 1.66. The Morgan fingerprint density at radius 2 is 1.59 bits per heavy atom. The van der Waals surface area contributed by atoms with E-state index >= 15 is 4.39 Å². The van der Waals surface area contributed by atoms with Gasteiger partial charge >= 0.3 is 0 Å². The minimum Gasteiger partial charge on any atom is -0.385 e. The molecule has 32 heavy (non-hydrogen) atoms. The SMILES string of the molecule is COCCC1COC(c2ccc3c(F)c(CCc4cc(F)c(F)c(F)c4)ccc3c2)OC1. The first-order valence-electron chi connectivity index (χ1n) is 10.5. The average molecular weight is 448 g/mol. The number of methoxy groups -OCH3 is 1. The van der Waals surface area contributed by atoms with Crippen molar-refractivity contribution in [1.29, 1.82) is 0 Å². The molecule has 0 saturated carbocycles. The number of aryl methyl sites for hydroxylation is 2. The molecule has 4 rings (SSSR count). The second-order valence-corrected chi connectivity index (χ2v) is 8.04. The first kappa shape index (κ1) is 22.7. The van der Waals surface area contributed by atoms with Crippen molar-refractivity contribution in [3.8, 4) is 0 Å². The zero-order valence-electron chi connectivity index (χ0n) is 17.7. The predicted molar refractivity (Wildman–Crippen MR) is 112 cm³/mol. The van der Waals surface area contributed by atoms with Crippen molar-refractivity contribution in [3.63, 3.8) is 0 Å². The van der Waals surface area contributed by atoms with Crippen molar-refractivity contribution in [2.45, 2.75) is 25.6 Å². The highest BCUT2D eigenvalue weighted by molar-refractivity contribution is 5.84. The van der Waals surface area contributed by atoms with Gasteiger partial charge in [0.1, 0.15) is 5.82 Å². The molecule has 0 radical (unpaired) electrons. The van der Waals surface area contributed by atoms with Crippen LogP contribution in [0.2, 0.25) is 0 Å². The molecular formula is C25H24F4O3. The van der Waals surface area contributed by atoms with E-state index < -0.39 is 23.7 Å². The van der Waals surface area contributed by atoms with E-state index in [0.717, 1.165) is 24.1 Å². The Morgan fingerprint density at radius 1 is 0.875 bits per heavy atom. The van der Waals surface area contributed by atoms with Crippen molar-refractivity contribution in [2.75, 3.05) is 26.9 Å². The summed E-state index contributed by atoms with van der Waals surface area (Å²) < 4.78 is 71.7. The molecule has 0 amide bonds. The monoisotopic (exact) mass is 448 g/mol. The van der Waals surface area contributed by atoms with Gasteiger partial charge in [-0.15, -0.1) is 0 Å². The number of hydrogen-bond acceptors (Lipinski definition) is 3. The van der Waals surface area contributed by atoms with Crippen LogP contribution in [-0.4, -0.2) is 26.9 Å². The summed E-state index contributed by atoms with van der Waals surface area (Å²) in [6.07, 6.45) is 0.782. The van der Waals surface area contributed by atoms with E-state index in [9.17, 15) is 13.2 Å². The molecule has 1 aliphatic heterocycles. The second-order valence-electron chi connectivity index (χ2n) is 8.04. The number of halogens is 4. The minimum atomic E-state index is -1.50. The maximum absolute atomic E-state index is 15.1. The van der Waals surface area contributed by atoms with Gasteiger partial charge in [-0.3, -0.25) is 0 Å². The van der Waals surface area contributed by atoms with Gasteiger partial charge in [-0.2, -0.15) is 0 Å². The lowest BCUT2D eigenvalue weighted by Gasteiger charge is -2.29. The van der Waals surface area contributed by atoms with E-state index in [0.29, 0.717) is 36.2 Å². The van der Waals surface area contributed by atoms with Crippen molar-refractivity contribution in [1.82, 2.24) is 0 Å². The lowest BCUT2D eigenvalue weighted by atomic mass is 9.98. The summed E-state index contributed by atoms with van der Waals surface area (Å²) in [6, 6.07) is 10.6. The van der Waals surface area contributed by atoms with Crippen LogP contribution in [0, 0.1) is 29.2 Å². The molecule has 0 atom stereocenters. The van der Waals surface area contributed by atoms with Gasteiger partial charge < -0.3 is 14.2 Å². The van der Waals surface area contributed by atoms with Crippen LogP contribution in [0.4, 0.5) is 17.6 Å². The molecule has 1 aliphatic rings. The van der Waals surface area contributed by atoms with Gasteiger partial charge in [0.15, 0.2) is 23.7 Å². The van der Waals surface area contributed by atoms with Gasteiger partial charge in [-0.05, 0) is 54.0 Å². The fraction of sp³-hybridized carbons (Fsp3) is 0.360. The van der Waals surface area contributed by atoms with Crippen LogP contribution in [0.15, 0.2) is 42.5 Å². The van der Waals surface area contributed by atoms with Crippen LogP contribution >= 0.6 is 0 Å². The van der Waals surface area contributed by atoms with Crippen LogP contribution in [0.1, 0.15) is 29.4 Å². The summed E-state index contributed by atoms with van der Waals surface area (Å²) in [6.45, 7) is 1.80. The first-order chi connectivity index (χ1) is 15.5. The standard InChI is InChI=1S/C25H24F4O3/c1-30-9-8-16-13-31-25(32-14-16)19-6-7-20-18(12-19)5-4-17(23(20)28)3-2-15-10-21(26)24(29)22(27)11-15/h4-7,10-12,16,25H,2-3,8-9,13-14H2,1H3. The van der Waals surface area contributed by atoms with Crippen LogP contribution in [0.25, 0.3) is 10.8 Å². The first-order valence-corrected chi connectivity index (χ1v) is 10.5. The van der Waals surface area contributed by atoms with E-state index in [2.05, 4.69) is 0 Å². The summed E-state index contributed by atoms with van der Waals surface area (Å²) >= 11 is 0. The van der Waals surface area contributed by atoms with E-state index in [4.69, 9.17) is 14.2 Å². The summed E-state index contributed by atoms with van der Waals surface area (Å²) in [5, 5.41) is 1.15. The van der Waals surface area contributed by atoms with Gasteiger partial charge in [0.2, 0.25) is 0 Å². The zero-order valence-corrected chi connectivity index (χ0v) is 17.7. The van der Waals surface area contributed by atoms with Crippen LogP contribution in [-0.2, 0) is 27.1 Å². The molecule has 0 aliphatic carbocycles. The highest BCUT2D eigenvalue weighted by atomic mass is 19.2. The van der Waals surface area contributed by atoms with Crippen molar-refractivity contribution >= 4 is 10.8 Å². The molecule has 1 heterocycles. The lowest BCUT2D eigenvalue weighted by molar-refractivity contribution is -0.207. The Morgan fingerprint density at radius 3 is 2.28 bits per heavy atom. The summed E-state index contributed by atoms with van der Waals surface area (Å²) in [4.78, 5) is 0. The summed E-state index contributed by atoms with van der Waals surface area (Å²) in [5.41, 5.74) is 1.50. The number of rotatable bonds is 7. The second kappa shape index (κ2) is 9.98. The molecule has 0 spiro atoms. The van der Waals surface area contributed by atoms with Gasteiger partial charge in [0.05, 0.1) is 13.2 Å². The van der Waals surface area contributed by atoms with E-state index in [1.54, 1.807) is 31.4 Å². The fourth-order valence-corrected chi connectivity index (χ4v) is 3.91. The van der Waals surface area contributed by atoms with Gasteiger partial charge in [-0.1, -0.05) is 24.3 Å². The van der Waals surface area contributed by atoms with Crippen molar-refractivity contribution in [3.05, 3.63) is 82.4 Å². The Bertz CT molecular complexity index is 1070. The molecule has 170 valence electrons.